The quantitative estimate of drug-likeness (QED) is 0.204. The van der Waals surface area contributed by atoms with Gasteiger partial charge in [0.15, 0.2) is 0 Å². The van der Waals surface area contributed by atoms with Crippen LogP contribution < -0.4 is 14.2 Å². The fourth-order valence-electron chi connectivity index (χ4n) is 2.30. The lowest BCUT2D eigenvalue weighted by Crippen LogP contribution is -2.16. The van der Waals surface area contributed by atoms with E-state index in [9.17, 15) is 18.8 Å². The van der Waals surface area contributed by atoms with Crippen molar-refractivity contribution >= 4 is 17.9 Å². The molecule has 0 bridgehead atoms. The second-order valence-corrected chi connectivity index (χ2v) is 6.95. The second-order valence-electron chi connectivity index (χ2n) is 6.95. The van der Waals surface area contributed by atoms with E-state index in [0.29, 0.717) is 22.8 Å². The summed E-state index contributed by atoms with van der Waals surface area (Å²) in [5, 5.41) is 0. The van der Waals surface area contributed by atoms with Gasteiger partial charge in [-0.25, -0.2) is 9.59 Å². The van der Waals surface area contributed by atoms with Crippen LogP contribution in [-0.4, -0.2) is 44.3 Å². The molecule has 33 heavy (non-hydrogen) atoms. The van der Waals surface area contributed by atoms with Crippen molar-refractivity contribution in [3.8, 4) is 17.2 Å². The van der Waals surface area contributed by atoms with Crippen molar-refractivity contribution < 1.29 is 42.5 Å². The number of carbonyl (C=O) groups excluding carboxylic acids is 3. The van der Waals surface area contributed by atoms with Gasteiger partial charge in [-0.3, -0.25) is 4.79 Å². The first kappa shape index (κ1) is 25.4. The zero-order valence-electron chi connectivity index (χ0n) is 18.4. The third-order valence-electron chi connectivity index (χ3n) is 4.00. The molecule has 0 heterocycles. The van der Waals surface area contributed by atoms with Crippen LogP contribution in [-0.2, 0) is 19.1 Å². The highest BCUT2D eigenvalue weighted by atomic mass is 19.1. The predicted molar refractivity (Wildman–Crippen MR) is 116 cm³/mol. The van der Waals surface area contributed by atoms with Crippen LogP contribution in [0.15, 0.2) is 60.9 Å². The van der Waals surface area contributed by atoms with Crippen LogP contribution in [0.4, 0.5) is 4.39 Å². The Kier molecular flexibility index (Phi) is 9.88. The molecule has 0 radical (unpaired) electrons. The Bertz CT molecular complexity index is 951. The molecule has 0 saturated carbocycles. The number of halogens is 1. The first-order valence-electron chi connectivity index (χ1n) is 10.1. The SMILES string of the molecule is C=C(F)C(=O)OCCOc1ccc(OC(=O)c2ccc(OCCOC(=O)C(C)C)cc2)cc1. The maximum absolute atomic E-state index is 12.5. The minimum Gasteiger partial charge on any atom is -0.490 e. The van der Waals surface area contributed by atoms with Crippen molar-refractivity contribution in [2.24, 2.45) is 5.92 Å². The molecule has 2 aromatic rings. The van der Waals surface area contributed by atoms with E-state index in [1.807, 2.05) is 0 Å². The van der Waals surface area contributed by atoms with Crippen LogP contribution in [0, 0.1) is 5.92 Å². The van der Waals surface area contributed by atoms with Crippen LogP contribution in [0.5, 0.6) is 17.2 Å². The molecule has 0 aliphatic rings. The molecule has 8 nitrogen and oxygen atoms in total. The minimum absolute atomic E-state index is 0.0206. The third kappa shape index (κ3) is 9.02. The van der Waals surface area contributed by atoms with Gasteiger partial charge < -0.3 is 23.7 Å². The molecule has 0 aliphatic heterocycles. The Labute approximate surface area is 190 Å². The van der Waals surface area contributed by atoms with Gasteiger partial charge in [-0.1, -0.05) is 20.4 Å². The van der Waals surface area contributed by atoms with Crippen LogP contribution in [0.2, 0.25) is 0 Å². The average molecular weight is 460 g/mol. The maximum Gasteiger partial charge on any atom is 0.366 e. The molecule has 0 fully saturated rings. The van der Waals surface area contributed by atoms with Crippen LogP contribution in [0.1, 0.15) is 24.2 Å². The normalized spacial score (nSPS) is 10.3. The summed E-state index contributed by atoms with van der Waals surface area (Å²) in [7, 11) is 0. The molecular weight excluding hydrogens is 435 g/mol. The summed E-state index contributed by atoms with van der Waals surface area (Å²) in [6.07, 6.45) is 0. The van der Waals surface area contributed by atoms with Gasteiger partial charge in [-0.2, -0.15) is 4.39 Å². The smallest absolute Gasteiger partial charge is 0.366 e. The molecule has 0 N–H and O–H groups in total. The molecule has 2 aromatic carbocycles. The fourth-order valence-corrected chi connectivity index (χ4v) is 2.30. The Morgan fingerprint density at radius 1 is 0.788 bits per heavy atom. The Hall–Kier alpha value is -3.88. The number of carbonyl (C=O) groups is 3. The van der Waals surface area contributed by atoms with E-state index in [0.717, 1.165) is 0 Å². The summed E-state index contributed by atoms with van der Waals surface area (Å²) in [5.74, 6) is -2.07. The van der Waals surface area contributed by atoms with Gasteiger partial charge in [0.05, 0.1) is 11.5 Å². The molecule has 176 valence electrons. The highest BCUT2D eigenvalue weighted by molar-refractivity contribution is 5.91. The highest BCUT2D eigenvalue weighted by Gasteiger charge is 2.11. The van der Waals surface area contributed by atoms with Crippen molar-refractivity contribution in [3.05, 3.63) is 66.5 Å². The monoisotopic (exact) mass is 460 g/mol. The third-order valence-corrected chi connectivity index (χ3v) is 4.00. The van der Waals surface area contributed by atoms with Crippen molar-refractivity contribution in [1.29, 1.82) is 0 Å². The average Bonchev–Trinajstić information content (AvgIpc) is 2.80. The molecule has 0 aliphatic carbocycles. The van der Waals surface area contributed by atoms with Gasteiger partial charge >= 0.3 is 17.9 Å². The lowest BCUT2D eigenvalue weighted by Gasteiger charge is -2.10. The van der Waals surface area contributed by atoms with Gasteiger partial charge in [0, 0.05) is 0 Å². The Morgan fingerprint density at radius 3 is 1.79 bits per heavy atom. The summed E-state index contributed by atoms with van der Waals surface area (Å²) < 4.78 is 38.2. The number of hydrogen-bond acceptors (Lipinski definition) is 8. The number of rotatable bonds is 12. The van der Waals surface area contributed by atoms with Gasteiger partial charge in [0.1, 0.15) is 43.7 Å². The van der Waals surface area contributed by atoms with E-state index in [4.69, 9.17) is 18.9 Å². The maximum atomic E-state index is 12.5. The number of benzene rings is 2. The van der Waals surface area contributed by atoms with Crippen molar-refractivity contribution in [2.75, 3.05) is 26.4 Å². The second kappa shape index (κ2) is 12.8. The molecule has 2 rings (SSSR count). The van der Waals surface area contributed by atoms with E-state index >= 15 is 0 Å². The highest BCUT2D eigenvalue weighted by Crippen LogP contribution is 2.20. The van der Waals surface area contributed by atoms with E-state index in [1.165, 1.54) is 0 Å². The lowest BCUT2D eigenvalue weighted by molar-refractivity contribution is -0.148. The van der Waals surface area contributed by atoms with Crippen LogP contribution in [0.25, 0.3) is 0 Å². The standard InChI is InChI=1S/C24H25FO8/c1-16(2)22(26)31-14-12-29-19-6-4-18(5-7-19)24(28)33-21-10-8-20(9-11-21)30-13-15-32-23(27)17(3)25/h4-11,16H,3,12-15H2,1-2H3. The zero-order chi connectivity index (χ0) is 24.2. The Morgan fingerprint density at radius 2 is 1.27 bits per heavy atom. The molecule has 0 unspecified atom stereocenters. The minimum atomic E-state index is -1.17. The molecule has 0 saturated heterocycles. The zero-order valence-corrected chi connectivity index (χ0v) is 18.4. The van der Waals surface area contributed by atoms with Gasteiger partial charge in [-0.15, -0.1) is 0 Å². The molecule has 0 amide bonds. The molecule has 9 heteroatoms. The van der Waals surface area contributed by atoms with Crippen LogP contribution >= 0.6 is 0 Å². The van der Waals surface area contributed by atoms with Gasteiger partial charge in [-0.05, 0) is 48.5 Å². The molecule has 0 atom stereocenters. The van der Waals surface area contributed by atoms with Crippen LogP contribution in [0.3, 0.4) is 0 Å². The summed E-state index contributed by atoms with van der Waals surface area (Å²) in [6, 6.07) is 12.6. The van der Waals surface area contributed by atoms with Crippen molar-refractivity contribution in [1.82, 2.24) is 0 Å². The first-order chi connectivity index (χ1) is 15.8. The summed E-state index contributed by atoms with van der Waals surface area (Å²) in [5.41, 5.74) is 0.324. The predicted octanol–water partition coefficient (Wildman–Crippen LogP) is 3.89. The number of ether oxygens (including phenoxy) is 5. The fraction of sp³-hybridized carbons (Fsp3) is 0.292. The van der Waals surface area contributed by atoms with E-state index in [2.05, 4.69) is 11.3 Å². The number of hydrogen-bond donors (Lipinski definition) is 0. The summed E-state index contributed by atoms with van der Waals surface area (Å²) >= 11 is 0. The summed E-state index contributed by atoms with van der Waals surface area (Å²) in [4.78, 5) is 34.6. The largest absolute Gasteiger partial charge is 0.490 e. The number of esters is 3. The van der Waals surface area contributed by atoms with Crippen molar-refractivity contribution in [3.63, 3.8) is 0 Å². The summed E-state index contributed by atoms with van der Waals surface area (Å²) in [6.45, 7) is 6.55. The lowest BCUT2D eigenvalue weighted by atomic mass is 10.2. The van der Waals surface area contributed by atoms with Crippen molar-refractivity contribution in [2.45, 2.75) is 13.8 Å². The first-order valence-corrected chi connectivity index (χ1v) is 10.1. The molecule has 0 spiro atoms. The molecule has 0 aromatic heterocycles. The Balaban J connectivity index is 1.75. The van der Waals surface area contributed by atoms with Gasteiger partial charge in [0.2, 0.25) is 5.83 Å². The van der Waals surface area contributed by atoms with E-state index in [1.54, 1.807) is 62.4 Å². The van der Waals surface area contributed by atoms with E-state index in [-0.39, 0.29) is 38.3 Å². The topological polar surface area (TPSA) is 97.4 Å². The van der Waals surface area contributed by atoms with E-state index < -0.39 is 17.8 Å². The molecular formula is C24H25FO8. The van der Waals surface area contributed by atoms with Gasteiger partial charge in [0.25, 0.3) is 0 Å².